The number of carbonyl (C=O) groups excluding carboxylic acids is 1. The summed E-state index contributed by atoms with van der Waals surface area (Å²) < 4.78 is 28.2. The van der Waals surface area contributed by atoms with Gasteiger partial charge in [-0.25, -0.2) is 8.42 Å². The van der Waals surface area contributed by atoms with E-state index in [0.29, 0.717) is 54.2 Å². The Kier molecular flexibility index (Phi) is 6.67. The summed E-state index contributed by atoms with van der Waals surface area (Å²) in [6.07, 6.45) is 0.641. The van der Waals surface area contributed by atoms with Crippen molar-refractivity contribution in [1.29, 1.82) is 0 Å². The van der Waals surface area contributed by atoms with E-state index in [1.54, 1.807) is 41.3 Å². The Hall–Kier alpha value is -2.72. The van der Waals surface area contributed by atoms with E-state index in [9.17, 15) is 13.2 Å². The Balaban J connectivity index is 1.27. The summed E-state index contributed by atoms with van der Waals surface area (Å²) >= 11 is 12.3. The molecule has 2 aliphatic heterocycles. The van der Waals surface area contributed by atoms with Gasteiger partial charge in [0.15, 0.2) is 5.82 Å². The lowest BCUT2D eigenvalue weighted by Crippen LogP contribution is -2.49. The highest BCUT2D eigenvalue weighted by Gasteiger charge is 2.33. The smallest absolute Gasteiger partial charge is 0.243 e. The van der Waals surface area contributed by atoms with Gasteiger partial charge in [0, 0.05) is 55.4 Å². The molecule has 1 aromatic heterocycles. The van der Waals surface area contributed by atoms with Crippen molar-refractivity contribution in [3.63, 3.8) is 0 Å². The molecule has 0 aliphatic carbocycles. The van der Waals surface area contributed by atoms with Gasteiger partial charge in [0.05, 0.1) is 15.6 Å². The molecule has 5 rings (SSSR count). The first-order chi connectivity index (χ1) is 17.1. The maximum atomic E-state index is 13.4. The molecule has 2 aliphatic rings. The number of sulfonamides is 1. The summed E-state index contributed by atoms with van der Waals surface area (Å²) in [7, 11) is -3.65. The standard InChI is InChI=1S/C25H25Cl2N5O3S/c1-16-13-18-14-20(4-7-24(18)32(16)17(2)33)36(34,35)31-11-9-30(10-12-31)25-8-6-23(28-29-25)21-5-3-19(26)15-22(21)27/h3-8,14-16H,9-13H2,1-2H3. The molecule has 8 nitrogen and oxygen atoms in total. The second-order valence-electron chi connectivity index (χ2n) is 9.02. The van der Waals surface area contributed by atoms with Crippen molar-refractivity contribution in [3.05, 3.63) is 64.1 Å². The van der Waals surface area contributed by atoms with Gasteiger partial charge in [-0.3, -0.25) is 4.79 Å². The van der Waals surface area contributed by atoms with Crippen LogP contribution in [0.1, 0.15) is 19.4 Å². The molecular formula is C25H25Cl2N5O3S. The van der Waals surface area contributed by atoms with E-state index >= 15 is 0 Å². The number of carbonyl (C=O) groups is 1. The van der Waals surface area contributed by atoms with Crippen LogP contribution in [0.25, 0.3) is 11.3 Å². The fourth-order valence-electron chi connectivity index (χ4n) is 4.89. The SMILES string of the molecule is CC(=O)N1c2ccc(S(=O)(=O)N3CCN(c4ccc(-c5ccc(Cl)cc5Cl)nn4)CC3)cc2CC1C. The van der Waals surface area contributed by atoms with Gasteiger partial charge < -0.3 is 9.80 Å². The summed E-state index contributed by atoms with van der Waals surface area (Å²) in [4.78, 5) is 16.0. The Morgan fingerprint density at radius 1 is 0.972 bits per heavy atom. The zero-order valence-electron chi connectivity index (χ0n) is 19.9. The van der Waals surface area contributed by atoms with Crippen LogP contribution in [0.2, 0.25) is 10.0 Å². The largest absolute Gasteiger partial charge is 0.352 e. The average Bonchev–Trinajstić information content (AvgIpc) is 3.19. The third-order valence-electron chi connectivity index (χ3n) is 6.66. The first-order valence-corrected chi connectivity index (χ1v) is 13.8. The molecule has 0 spiro atoms. The number of hydrogen-bond acceptors (Lipinski definition) is 6. The quantitative estimate of drug-likeness (QED) is 0.486. The number of aromatic nitrogens is 2. The van der Waals surface area contributed by atoms with Crippen LogP contribution in [0.15, 0.2) is 53.4 Å². The van der Waals surface area contributed by atoms with Crippen molar-refractivity contribution < 1.29 is 13.2 Å². The number of rotatable bonds is 4. The van der Waals surface area contributed by atoms with E-state index in [4.69, 9.17) is 23.2 Å². The molecule has 1 unspecified atom stereocenters. The van der Waals surface area contributed by atoms with E-state index in [1.807, 2.05) is 24.0 Å². The van der Waals surface area contributed by atoms with Crippen LogP contribution < -0.4 is 9.80 Å². The second-order valence-corrected chi connectivity index (χ2v) is 11.8. The second kappa shape index (κ2) is 9.63. The topological polar surface area (TPSA) is 86.7 Å². The number of amides is 1. The number of fused-ring (bicyclic) bond motifs is 1. The molecular weight excluding hydrogens is 521 g/mol. The Labute approximate surface area is 220 Å². The number of piperazine rings is 1. The molecule has 1 atom stereocenters. The number of halogens is 2. The van der Waals surface area contributed by atoms with Gasteiger partial charge in [-0.1, -0.05) is 23.2 Å². The van der Waals surface area contributed by atoms with Crippen LogP contribution >= 0.6 is 23.2 Å². The third kappa shape index (κ3) is 4.56. The van der Waals surface area contributed by atoms with E-state index in [-0.39, 0.29) is 16.8 Å². The molecule has 188 valence electrons. The van der Waals surface area contributed by atoms with Gasteiger partial charge in [0.25, 0.3) is 0 Å². The molecule has 3 aromatic rings. The normalized spacial score (nSPS) is 18.4. The Morgan fingerprint density at radius 2 is 1.72 bits per heavy atom. The van der Waals surface area contributed by atoms with Gasteiger partial charge in [-0.2, -0.15) is 4.31 Å². The van der Waals surface area contributed by atoms with Crippen molar-refractivity contribution in [3.8, 4) is 11.3 Å². The first kappa shape index (κ1) is 25.0. The zero-order valence-corrected chi connectivity index (χ0v) is 22.2. The highest BCUT2D eigenvalue weighted by atomic mass is 35.5. The lowest BCUT2D eigenvalue weighted by atomic mass is 10.1. The number of anilines is 2. The molecule has 2 aromatic carbocycles. The van der Waals surface area contributed by atoms with Crippen LogP contribution in [-0.4, -0.2) is 61.0 Å². The average molecular weight is 546 g/mol. The molecule has 11 heteroatoms. The van der Waals surface area contributed by atoms with Gasteiger partial charge in [-0.05, 0) is 67.4 Å². The van der Waals surface area contributed by atoms with Crippen LogP contribution in [-0.2, 0) is 21.2 Å². The highest BCUT2D eigenvalue weighted by molar-refractivity contribution is 7.89. The lowest BCUT2D eigenvalue weighted by Gasteiger charge is -2.34. The minimum absolute atomic E-state index is 0.0159. The highest BCUT2D eigenvalue weighted by Crippen LogP contribution is 2.35. The van der Waals surface area contributed by atoms with E-state index in [2.05, 4.69) is 10.2 Å². The van der Waals surface area contributed by atoms with Crippen molar-refractivity contribution >= 4 is 50.6 Å². The summed E-state index contributed by atoms with van der Waals surface area (Å²) in [5.74, 6) is 0.636. The molecule has 0 N–H and O–H groups in total. The molecule has 1 saturated heterocycles. The lowest BCUT2D eigenvalue weighted by molar-refractivity contribution is -0.116. The minimum Gasteiger partial charge on any atom is -0.352 e. The van der Waals surface area contributed by atoms with Crippen molar-refractivity contribution in [2.75, 3.05) is 36.0 Å². The van der Waals surface area contributed by atoms with Crippen LogP contribution in [0, 0.1) is 0 Å². The zero-order chi connectivity index (χ0) is 25.6. The number of nitrogens with zero attached hydrogens (tertiary/aromatic N) is 5. The molecule has 1 fully saturated rings. The van der Waals surface area contributed by atoms with E-state index < -0.39 is 10.0 Å². The molecule has 36 heavy (non-hydrogen) atoms. The van der Waals surface area contributed by atoms with Gasteiger partial charge in [-0.15, -0.1) is 10.2 Å². The van der Waals surface area contributed by atoms with Gasteiger partial charge in [0.2, 0.25) is 15.9 Å². The minimum atomic E-state index is -3.65. The monoisotopic (exact) mass is 545 g/mol. The predicted octanol–water partition coefficient (Wildman–Crippen LogP) is 4.26. The summed E-state index contributed by atoms with van der Waals surface area (Å²) in [6, 6.07) is 14.0. The number of hydrogen-bond donors (Lipinski definition) is 0. The fourth-order valence-corrected chi connectivity index (χ4v) is 6.87. The maximum absolute atomic E-state index is 13.4. The maximum Gasteiger partial charge on any atom is 0.243 e. The molecule has 0 bridgehead atoms. The molecule has 0 radical (unpaired) electrons. The Bertz CT molecular complexity index is 1420. The molecule has 3 heterocycles. The van der Waals surface area contributed by atoms with Crippen molar-refractivity contribution in [2.24, 2.45) is 0 Å². The van der Waals surface area contributed by atoms with E-state index in [0.717, 1.165) is 16.8 Å². The van der Waals surface area contributed by atoms with Crippen molar-refractivity contribution in [1.82, 2.24) is 14.5 Å². The van der Waals surface area contributed by atoms with Gasteiger partial charge >= 0.3 is 0 Å². The fraction of sp³-hybridized carbons (Fsp3) is 0.320. The summed E-state index contributed by atoms with van der Waals surface area (Å²) in [5, 5.41) is 9.70. The van der Waals surface area contributed by atoms with Crippen LogP contribution in [0.5, 0.6) is 0 Å². The molecule has 0 saturated carbocycles. The molecule has 1 amide bonds. The summed E-state index contributed by atoms with van der Waals surface area (Å²) in [5.41, 5.74) is 3.05. The van der Waals surface area contributed by atoms with Crippen LogP contribution in [0.3, 0.4) is 0 Å². The Morgan fingerprint density at radius 3 is 2.36 bits per heavy atom. The van der Waals surface area contributed by atoms with E-state index in [1.165, 1.54) is 11.2 Å². The van der Waals surface area contributed by atoms with Crippen LogP contribution in [0.4, 0.5) is 11.5 Å². The van der Waals surface area contributed by atoms with Crippen molar-refractivity contribution in [2.45, 2.75) is 31.2 Å². The first-order valence-electron chi connectivity index (χ1n) is 11.6. The number of benzene rings is 2. The summed E-state index contributed by atoms with van der Waals surface area (Å²) in [6.45, 7) is 5.16. The predicted molar refractivity (Wildman–Crippen MR) is 141 cm³/mol. The van der Waals surface area contributed by atoms with Gasteiger partial charge in [0.1, 0.15) is 0 Å². The third-order valence-corrected chi connectivity index (χ3v) is 9.11.